The predicted molar refractivity (Wildman–Crippen MR) is 63.9 cm³/mol. The molecule has 0 spiro atoms. The summed E-state index contributed by atoms with van der Waals surface area (Å²) in [5.41, 5.74) is 1.29. The van der Waals surface area contributed by atoms with Gasteiger partial charge in [-0.1, -0.05) is 13.8 Å². The smallest absolute Gasteiger partial charge is 0.326 e. The molecule has 0 unspecified atom stereocenters. The summed E-state index contributed by atoms with van der Waals surface area (Å²) in [6, 6.07) is -0.836. The maximum absolute atomic E-state index is 11.8. The van der Waals surface area contributed by atoms with Crippen LogP contribution in [0.1, 0.15) is 36.2 Å². The number of aromatic nitrogens is 1. The molecule has 1 aromatic rings. The first-order valence-corrected chi connectivity index (χ1v) is 5.59. The molecule has 1 atom stereocenters. The van der Waals surface area contributed by atoms with Crippen molar-refractivity contribution in [2.24, 2.45) is 5.92 Å². The Labute approximate surface area is 100 Å². The topological polar surface area (TPSA) is 82.2 Å². The quantitative estimate of drug-likeness (QED) is 0.728. The Morgan fingerprint density at radius 1 is 1.41 bits per heavy atom. The van der Waals surface area contributed by atoms with Crippen molar-refractivity contribution >= 4 is 11.9 Å². The van der Waals surface area contributed by atoms with Crippen LogP contribution < -0.4 is 5.32 Å². The lowest BCUT2D eigenvalue weighted by Crippen LogP contribution is -2.41. The number of carbonyl (C=O) groups excluding carboxylic acids is 1. The Hall–Kier alpha value is -1.78. The molecule has 0 radical (unpaired) electrons. The number of carbonyl (C=O) groups is 2. The van der Waals surface area contributed by atoms with Crippen molar-refractivity contribution in [1.82, 2.24) is 10.3 Å². The van der Waals surface area contributed by atoms with Crippen LogP contribution in [0.25, 0.3) is 0 Å². The zero-order chi connectivity index (χ0) is 13.0. The van der Waals surface area contributed by atoms with Gasteiger partial charge in [0.15, 0.2) is 0 Å². The molecule has 5 nitrogen and oxygen atoms in total. The molecule has 0 saturated heterocycles. The summed E-state index contributed by atoms with van der Waals surface area (Å²) in [4.78, 5) is 25.6. The highest BCUT2D eigenvalue weighted by atomic mass is 16.4. The van der Waals surface area contributed by atoms with Crippen molar-refractivity contribution in [3.8, 4) is 0 Å². The summed E-state index contributed by atoms with van der Waals surface area (Å²) in [7, 11) is 0. The monoisotopic (exact) mass is 238 g/mol. The van der Waals surface area contributed by atoms with Crippen molar-refractivity contribution in [2.75, 3.05) is 0 Å². The zero-order valence-electron chi connectivity index (χ0n) is 10.3. The molecule has 1 aromatic heterocycles. The number of aromatic amines is 1. The second-order valence-corrected chi connectivity index (χ2v) is 4.55. The van der Waals surface area contributed by atoms with Gasteiger partial charge in [-0.2, -0.15) is 0 Å². The summed E-state index contributed by atoms with van der Waals surface area (Å²) >= 11 is 0. The average Bonchev–Trinajstić information content (AvgIpc) is 2.62. The maximum Gasteiger partial charge on any atom is 0.326 e. The lowest BCUT2D eigenvalue weighted by molar-refractivity contribution is -0.139. The summed E-state index contributed by atoms with van der Waals surface area (Å²) in [6.07, 6.45) is 3.69. The lowest BCUT2D eigenvalue weighted by atomic mass is 10.0. The molecule has 1 heterocycles. The largest absolute Gasteiger partial charge is 0.480 e. The Balaban J connectivity index is 2.71. The molecule has 17 heavy (non-hydrogen) atoms. The zero-order valence-corrected chi connectivity index (χ0v) is 10.3. The van der Waals surface area contributed by atoms with Gasteiger partial charge in [0.25, 0.3) is 5.91 Å². The number of rotatable bonds is 5. The fourth-order valence-corrected chi connectivity index (χ4v) is 1.62. The fraction of sp³-hybridized carbons (Fsp3) is 0.500. The molecule has 94 valence electrons. The number of carboxylic acids is 1. The SMILES string of the molecule is Cc1c[nH]cc1C(=O)N[C@H](CC(C)C)C(=O)O. The molecule has 0 bridgehead atoms. The first kappa shape index (κ1) is 13.3. The number of aryl methyl sites for hydroxylation is 1. The van der Waals surface area contributed by atoms with Crippen LogP contribution in [0.15, 0.2) is 12.4 Å². The highest BCUT2D eigenvalue weighted by Gasteiger charge is 2.22. The molecule has 0 fully saturated rings. The number of aliphatic carboxylic acids is 1. The standard InChI is InChI=1S/C12H18N2O3/c1-7(2)4-10(12(16)17)14-11(15)9-6-13-5-8(9)3/h5-7,10,13H,4H2,1-3H3,(H,14,15)(H,16,17)/t10-/m1/s1. The number of amides is 1. The van der Waals surface area contributed by atoms with Gasteiger partial charge >= 0.3 is 5.97 Å². The summed E-state index contributed by atoms with van der Waals surface area (Å²) in [5, 5.41) is 11.5. The van der Waals surface area contributed by atoms with E-state index >= 15 is 0 Å². The first-order valence-electron chi connectivity index (χ1n) is 5.59. The maximum atomic E-state index is 11.8. The van der Waals surface area contributed by atoms with Gasteiger partial charge in [-0.3, -0.25) is 4.79 Å². The highest BCUT2D eigenvalue weighted by Crippen LogP contribution is 2.09. The number of nitrogens with one attached hydrogen (secondary N) is 2. The van der Waals surface area contributed by atoms with Crippen LogP contribution in [0, 0.1) is 12.8 Å². The van der Waals surface area contributed by atoms with Gasteiger partial charge < -0.3 is 15.4 Å². The van der Waals surface area contributed by atoms with Crippen LogP contribution in [0.2, 0.25) is 0 Å². The van der Waals surface area contributed by atoms with Crippen LogP contribution >= 0.6 is 0 Å². The Morgan fingerprint density at radius 3 is 2.47 bits per heavy atom. The molecule has 0 saturated carbocycles. The van der Waals surface area contributed by atoms with Gasteiger partial charge in [0.05, 0.1) is 5.56 Å². The average molecular weight is 238 g/mol. The van der Waals surface area contributed by atoms with Crippen molar-refractivity contribution in [3.63, 3.8) is 0 Å². The van der Waals surface area contributed by atoms with Gasteiger partial charge in [0.2, 0.25) is 0 Å². The van der Waals surface area contributed by atoms with E-state index < -0.39 is 12.0 Å². The van der Waals surface area contributed by atoms with Crippen LogP contribution in [0.3, 0.4) is 0 Å². The summed E-state index contributed by atoms with van der Waals surface area (Å²) in [5.74, 6) is -1.14. The van der Waals surface area contributed by atoms with Crippen LogP contribution in [0.5, 0.6) is 0 Å². The number of hydrogen-bond donors (Lipinski definition) is 3. The van der Waals surface area contributed by atoms with E-state index in [1.807, 2.05) is 13.8 Å². The lowest BCUT2D eigenvalue weighted by Gasteiger charge is -2.16. The van der Waals surface area contributed by atoms with E-state index in [4.69, 9.17) is 5.11 Å². The molecule has 0 aliphatic rings. The molecule has 1 amide bonds. The minimum atomic E-state index is -1.000. The Morgan fingerprint density at radius 2 is 2.06 bits per heavy atom. The second kappa shape index (κ2) is 5.52. The molecule has 5 heteroatoms. The van der Waals surface area contributed by atoms with Crippen LogP contribution in [-0.2, 0) is 4.79 Å². The first-order chi connectivity index (χ1) is 7.91. The van der Waals surface area contributed by atoms with E-state index in [0.717, 1.165) is 5.56 Å². The normalized spacial score (nSPS) is 12.5. The molecule has 1 rings (SSSR count). The predicted octanol–water partition coefficient (Wildman–Crippen LogP) is 1.55. The molecule has 3 N–H and O–H groups in total. The Kier molecular flexibility index (Phi) is 4.31. The van der Waals surface area contributed by atoms with Crippen molar-refractivity contribution in [3.05, 3.63) is 23.5 Å². The van der Waals surface area contributed by atoms with Crippen molar-refractivity contribution in [2.45, 2.75) is 33.2 Å². The molecule has 0 aliphatic carbocycles. The van der Waals surface area contributed by atoms with E-state index in [2.05, 4.69) is 10.3 Å². The molecule has 0 aliphatic heterocycles. The van der Waals surface area contributed by atoms with Crippen LogP contribution in [0.4, 0.5) is 0 Å². The third-order valence-electron chi connectivity index (χ3n) is 2.51. The third-order valence-corrected chi connectivity index (χ3v) is 2.51. The van der Waals surface area contributed by atoms with Crippen molar-refractivity contribution in [1.29, 1.82) is 0 Å². The molecule has 0 aromatic carbocycles. The number of carboxylic acid groups (broad SMARTS) is 1. The minimum absolute atomic E-state index is 0.212. The van der Waals surface area contributed by atoms with Gasteiger partial charge in [0.1, 0.15) is 6.04 Å². The van der Waals surface area contributed by atoms with Gasteiger partial charge in [0, 0.05) is 12.4 Å². The van der Waals surface area contributed by atoms with E-state index in [1.165, 1.54) is 0 Å². The Bertz CT molecular complexity index is 410. The van der Waals surface area contributed by atoms with Gasteiger partial charge in [-0.05, 0) is 24.8 Å². The van der Waals surface area contributed by atoms with E-state index in [9.17, 15) is 9.59 Å². The molecular formula is C12H18N2O3. The summed E-state index contributed by atoms with van der Waals surface area (Å²) < 4.78 is 0. The van der Waals surface area contributed by atoms with Gasteiger partial charge in [-0.15, -0.1) is 0 Å². The molecular weight excluding hydrogens is 220 g/mol. The minimum Gasteiger partial charge on any atom is -0.480 e. The third kappa shape index (κ3) is 3.62. The van der Waals surface area contributed by atoms with Crippen LogP contribution in [-0.4, -0.2) is 28.0 Å². The number of H-pyrrole nitrogens is 1. The van der Waals surface area contributed by atoms with Crippen molar-refractivity contribution < 1.29 is 14.7 Å². The summed E-state index contributed by atoms with van der Waals surface area (Å²) in [6.45, 7) is 5.64. The highest BCUT2D eigenvalue weighted by molar-refractivity contribution is 5.97. The van der Waals surface area contributed by atoms with E-state index in [-0.39, 0.29) is 11.8 Å². The number of hydrogen-bond acceptors (Lipinski definition) is 2. The second-order valence-electron chi connectivity index (χ2n) is 4.55. The fourth-order valence-electron chi connectivity index (χ4n) is 1.62. The van der Waals surface area contributed by atoms with E-state index in [1.54, 1.807) is 19.3 Å². The van der Waals surface area contributed by atoms with E-state index in [0.29, 0.717) is 12.0 Å². The van der Waals surface area contributed by atoms with Gasteiger partial charge in [-0.25, -0.2) is 4.79 Å².